The van der Waals surface area contributed by atoms with Gasteiger partial charge in [-0.15, -0.1) is 11.8 Å². The number of thioether (sulfide) groups is 1. The highest BCUT2D eigenvalue weighted by Gasteiger charge is 2.98. The highest BCUT2D eigenvalue weighted by molar-refractivity contribution is 7.98. The zero-order valence-corrected chi connectivity index (χ0v) is 28.1. The first-order chi connectivity index (χ1) is 21.9. The number of benzene rings is 2. The standard InChI is InChI=1S/C25H27N3O3S.C11H16O3/c1-16(2)28(25(30)23-24(31-3)20(29)12-13-26-23)15-27-22-18-9-5-4-8-17(18)14-32-21-11-7-6-10-19(21)22;1-8(2)10-5-4-9(10,3)7(13)14-11(8,10)6-12/h4-13,16,22,27H,14-15H2,1-3H3,(H,26,29);12H,4-6H2,1-3H3/t;9-,10?,11+/m.0/s1. The fourth-order valence-electron chi connectivity index (χ4n) is 8.54. The summed E-state index contributed by atoms with van der Waals surface area (Å²) in [5, 5.41) is 13.1. The minimum absolute atomic E-state index is 0.0265. The monoisotopic (exact) mass is 645 g/mol. The van der Waals surface area contributed by atoms with Crippen LogP contribution in [0.5, 0.6) is 5.75 Å². The number of hydrogen-bond donors (Lipinski definition) is 3. The lowest BCUT2D eigenvalue weighted by atomic mass is 9.55. The molecule has 3 N–H and O–H groups in total. The number of pyridine rings is 1. The van der Waals surface area contributed by atoms with Crippen molar-refractivity contribution in [3.63, 3.8) is 0 Å². The van der Waals surface area contributed by atoms with Crippen LogP contribution in [-0.4, -0.2) is 58.9 Å². The van der Waals surface area contributed by atoms with Gasteiger partial charge >= 0.3 is 5.97 Å². The molecular weight excluding hydrogens is 602 g/mol. The van der Waals surface area contributed by atoms with E-state index in [-0.39, 0.29) is 63.7 Å². The molecule has 0 radical (unpaired) electrons. The average Bonchev–Trinajstić information content (AvgIpc) is 3.52. The number of aliphatic hydroxyl groups is 1. The van der Waals surface area contributed by atoms with Crippen LogP contribution in [0.1, 0.15) is 80.7 Å². The molecule has 7 rings (SSSR count). The third-order valence-corrected chi connectivity index (χ3v) is 12.4. The first kappa shape index (κ1) is 32.3. The Labute approximate surface area is 274 Å². The minimum atomic E-state index is -0.565. The number of carbonyl (C=O) groups is 2. The number of nitrogens with one attached hydrogen (secondary N) is 2. The number of carbonyl (C=O) groups excluding carboxylic acids is 2. The predicted molar refractivity (Wildman–Crippen MR) is 177 cm³/mol. The van der Waals surface area contributed by atoms with E-state index >= 15 is 0 Å². The summed E-state index contributed by atoms with van der Waals surface area (Å²) in [5.74, 6) is 0.550. The maximum Gasteiger partial charge on any atom is 0.313 e. The molecule has 1 saturated heterocycles. The maximum absolute atomic E-state index is 13.4. The van der Waals surface area contributed by atoms with Crippen molar-refractivity contribution in [2.75, 3.05) is 20.4 Å². The van der Waals surface area contributed by atoms with Crippen LogP contribution in [0, 0.1) is 16.2 Å². The summed E-state index contributed by atoms with van der Waals surface area (Å²) in [5.41, 5.74) is 2.53. The number of rotatable bonds is 7. The number of fused-ring (bicyclic) bond motifs is 2. The van der Waals surface area contributed by atoms with Crippen LogP contribution in [0.3, 0.4) is 0 Å². The Kier molecular flexibility index (Phi) is 8.14. The van der Waals surface area contributed by atoms with Gasteiger partial charge in [-0.3, -0.25) is 19.7 Å². The minimum Gasteiger partial charge on any atom is -0.491 e. The second-order valence-corrected chi connectivity index (χ2v) is 14.7. The second-order valence-electron chi connectivity index (χ2n) is 13.7. The largest absolute Gasteiger partial charge is 0.491 e. The first-order valence-corrected chi connectivity index (χ1v) is 16.8. The number of amides is 1. The van der Waals surface area contributed by atoms with Crippen molar-refractivity contribution in [3.8, 4) is 5.75 Å². The summed E-state index contributed by atoms with van der Waals surface area (Å²) in [6.45, 7) is 10.4. The Hall–Kier alpha value is -3.60. The fraction of sp³-hybridized carbons (Fsp3) is 0.472. The number of H-pyrrole nitrogens is 1. The molecule has 10 heteroatoms. The van der Waals surface area contributed by atoms with Crippen LogP contribution in [0.2, 0.25) is 0 Å². The molecule has 2 aliphatic heterocycles. The molecular formula is C36H43N3O6S. The van der Waals surface area contributed by atoms with Crippen molar-refractivity contribution in [2.24, 2.45) is 16.2 Å². The van der Waals surface area contributed by atoms with Crippen LogP contribution in [-0.2, 0) is 15.3 Å². The molecule has 2 aromatic carbocycles. The highest BCUT2D eigenvalue weighted by atomic mass is 32.2. The zero-order chi connectivity index (χ0) is 33.1. The van der Waals surface area contributed by atoms with Gasteiger partial charge < -0.3 is 24.5 Å². The first-order valence-electron chi connectivity index (χ1n) is 15.8. The molecule has 3 aromatic rings. The van der Waals surface area contributed by atoms with Crippen LogP contribution in [0.15, 0.2) is 70.5 Å². The van der Waals surface area contributed by atoms with Crippen molar-refractivity contribution >= 4 is 23.6 Å². The molecule has 2 unspecified atom stereocenters. The van der Waals surface area contributed by atoms with E-state index in [9.17, 15) is 19.5 Å². The SMILES string of the molecule is CC1(C)C23CC[C@@]2(C)C(=O)O[C@]13CO.COc1c(C(=O)N(CNC2c3ccccc3CSc3ccccc32)C(C)C)[nH]ccc1=O. The summed E-state index contributed by atoms with van der Waals surface area (Å²) >= 11 is 1.83. The van der Waals surface area contributed by atoms with E-state index in [2.05, 4.69) is 66.6 Å². The van der Waals surface area contributed by atoms with Crippen molar-refractivity contribution in [1.29, 1.82) is 0 Å². The van der Waals surface area contributed by atoms with E-state index in [1.807, 2.05) is 38.6 Å². The van der Waals surface area contributed by atoms with E-state index in [0.29, 0.717) is 6.67 Å². The van der Waals surface area contributed by atoms with Gasteiger partial charge in [0, 0.05) is 39.8 Å². The lowest BCUT2D eigenvalue weighted by Gasteiger charge is -2.44. The molecule has 2 saturated carbocycles. The molecule has 1 amide bonds. The van der Waals surface area contributed by atoms with Crippen molar-refractivity contribution in [2.45, 2.75) is 75.8 Å². The number of aliphatic hydroxyl groups excluding tert-OH is 1. The van der Waals surface area contributed by atoms with E-state index in [1.54, 1.807) is 4.90 Å². The van der Waals surface area contributed by atoms with Crippen LogP contribution < -0.4 is 15.5 Å². The van der Waals surface area contributed by atoms with Gasteiger partial charge in [0.1, 0.15) is 5.60 Å². The number of ether oxygens (including phenoxy) is 2. The molecule has 9 nitrogen and oxygen atoms in total. The summed E-state index contributed by atoms with van der Waals surface area (Å²) < 4.78 is 10.7. The predicted octanol–water partition coefficient (Wildman–Crippen LogP) is 5.28. The Morgan fingerprint density at radius 2 is 1.78 bits per heavy atom. The lowest BCUT2D eigenvalue weighted by Crippen LogP contribution is -2.46. The summed E-state index contributed by atoms with van der Waals surface area (Å²) in [6.07, 6.45) is 3.40. The van der Waals surface area contributed by atoms with Gasteiger partial charge in [-0.05, 0) is 56.4 Å². The Bertz CT molecular complexity index is 1690. The molecule has 1 spiro atoms. The molecule has 2 aliphatic carbocycles. The van der Waals surface area contributed by atoms with E-state index in [1.165, 1.54) is 41.0 Å². The van der Waals surface area contributed by atoms with Gasteiger partial charge in [0.25, 0.3) is 5.91 Å². The third-order valence-electron chi connectivity index (χ3n) is 11.2. The maximum atomic E-state index is 13.4. The number of nitrogens with zero attached hydrogens (tertiary/aromatic N) is 1. The number of aromatic nitrogens is 1. The van der Waals surface area contributed by atoms with Crippen LogP contribution in [0.4, 0.5) is 0 Å². The molecule has 3 fully saturated rings. The van der Waals surface area contributed by atoms with E-state index in [4.69, 9.17) is 9.47 Å². The molecule has 4 atom stereocenters. The molecule has 46 heavy (non-hydrogen) atoms. The van der Waals surface area contributed by atoms with Crippen molar-refractivity contribution < 1.29 is 24.2 Å². The number of aromatic amines is 1. The Morgan fingerprint density at radius 3 is 2.41 bits per heavy atom. The normalized spacial score (nSPS) is 27.7. The zero-order valence-electron chi connectivity index (χ0n) is 27.3. The van der Waals surface area contributed by atoms with Crippen molar-refractivity contribution in [3.05, 3.63) is 93.4 Å². The van der Waals surface area contributed by atoms with E-state index < -0.39 is 5.60 Å². The van der Waals surface area contributed by atoms with Gasteiger partial charge in [0.2, 0.25) is 5.43 Å². The van der Waals surface area contributed by atoms with Gasteiger partial charge in [0.15, 0.2) is 11.4 Å². The Morgan fingerprint density at radius 1 is 1.09 bits per heavy atom. The molecule has 4 aliphatic rings. The number of hydrogen-bond acceptors (Lipinski definition) is 8. The number of methoxy groups -OCH3 is 1. The molecule has 0 bridgehead atoms. The topological polar surface area (TPSA) is 121 Å². The summed E-state index contributed by atoms with van der Waals surface area (Å²) in [6, 6.07) is 18.0. The van der Waals surface area contributed by atoms with Gasteiger partial charge in [0.05, 0.1) is 31.8 Å². The smallest absolute Gasteiger partial charge is 0.313 e. The van der Waals surface area contributed by atoms with E-state index in [0.717, 1.165) is 18.6 Å². The average molecular weight is 646 g/mol. The lowest BCUT2D eigenvalue weighted by molar-refractivity contribution is -0.163. The van der Waals surface area contributed by atoms with Crippen LogP contribution >= 0.6 is 11.8 Å². The van der Waals surface area contributed by atoms with Crippen molar-refractivity contribution in [1.82, 2.24) is 15.2 Å². The third kappa shape index (κ3) is 4.40. The second kappa shape index (κ2) is 11.6. The quantitative estimate of drug-likeness (QED) is 0.235. The number of esters is 1. The van der Waals surface area contributed by atoms with Crippen LogP contribution in [0.25, 0.3) is 0 Å². The Balaban J connectivity index is 0.000000219. The molecule has 1 aromatic heterocycles. The molecule has 3 heterocycles. The summed E-state index contributed by atoms with van der Waals surface area (Å²) in [7, 11) is 1.40. The van der Waals surface area contributed by atoms with Gasteiger partial charge in [-0.1, -0.05) is 56.3 Å². The highest BCUT2D eigenvalue weighted by Crippen LogP contribution is 2.90. The van der Waals surface area contributed by atoms with Gasteiger partial charge in [-0.2, -0.15) is 0 Å². The summed E-state index contributed by atoms with van der Waals surface area (Å²) in [4.78, 5) is 43.1. The fourth-order valence-corrected chi connectivity index (χ4v) is 9.64. The molecule has 244 valence electrons. The van der Waals surface area contributed by atoms with Gasteiger partial charge in [-0.25, -0.2) is 0 Å².